The molecular weight excluding hydrogens is 565 g/mol. The Morgan fingerprint density at radius 2 is 1.39 bits per heavy atom. The molecule has 0 heterocycles. The Balaban J connectivity index is 1.52. The number of rotatable bonds is 9. The third kappa shape index (κ3) is 7.76. The number of carbonyl (C=O) groups is 3. The number of carbonyl (C=O) groups excluding carboxylic acids is 3. The minimum absolute atomic E-state index is 0.0904. The van der Waals surface area contributed by atoms with E-state index in [-0.39, 0.29) is 17.2 Å². The van der Waals surface area contributed by atoms with Crippen LogP contribution in [0, 0.1) is 10.1 Å². The molecule has 2 amide bonds. The van der Waals surface area contributed by atoms with Crippen LogP contribution in [-0.2, 0) is 4.79 Å². The highest BCUT2D eigenvalue weighted by Gasteiger charge is 2.16. The molecule has 4 aromatic carbocycles. The Labute approximate surface area is 245 Å². The maximum Gasteiger partial charge on any atom is 0.272 e. The number of nitro groups is 1. The van der Waals surface area contributed by atoms with Gasteiger partial charge in [-0.3, -0.25) is 24.5 Å². The molecular formula is C31H21Cl2N3O5. The molecule has 0 aliphatic heterocycles. The molecule has 2 N–H and O–H groups in total. The smallest absolute Gasteiger partial charge is 0.272 e. The second kappa shape index (κ2) is 13.3. The number of hydrogen-bond acceptors (Lipinski definition) is 5. The maximum atomic E-state index is 13.2. The molecule has 0 radical (unpaired) electrons. The maximum absolute atomic E-state index is 13.2. The van der Waals surface area contributed by atoms with E-state index in [2.05, 4.69) is 10.6 Å². The first-order valence-corrected chi connectivity index (χ1v) is 12.9. The summed E-state index contributed by atoms with van der Waals surface area (Å²) in [6.45, 7) is 0. The van der Waals surface area contributed by atoms with Gasteiger partial charge in [0, 0.05) is 44.6 Å². The van der Waals surface area contributed by atoms with Gasteiger partial charge in [-0.2, -0.15) is 0 Å². The Bertz CT molecular complexity index is 1650. The number of allylic oxidation sites excluding steroid dienone is 1. The lowest BCUT2D eigenvalue weighted by atomic mass is 10.1. The summed E-state index contributed by atoms with van der Waals surface area (Å²) in [6.07, 6.45) is 4.29. The molecule has 0 bridgehead atoms. The summed E-state index contributed by atoms with van der Waals surface area (Å²) in [5.41, 5.74) is 1.85. The van der Waals surface area contributed by atoms with Gasteiger partial charge in [-0.15, -0.1) is 0 Å². The quantitative estimate of drug-likeness (QED) is 0.0930. The van der Waals surface area contributed by atoms with Crippen molar-refractivity contribution in [1.82, 2.24) is 5.32 Å². The third-order valence-electron chi connectivity index (χ3n) is 5.77. The topological polar surface area (TPSA) is 118 Å². The summed E-state index contributed by atoms with van der Waals surface area (Å²) in [7, 11) is 0. The number of nitrogens with one attached hydrogen (secondary N) is 2. The first-order chi connectivity index (χ1) is 19.7. The molecule has 0 fully saturated rings. The van der Waals surface area contributed by atoms with Crippen molar-refractivity contribution in [3.05, 3.63) is 151 Å². The van der Waals surface area contributed by atoms with Crippen LogP contribution < -0.4 is 10.6 Å². The van der Waals surface area contributed by atoms with Crippen LogP contribution in [0.4, 0.5) is 11.4 Å². The molecule has 8 nitrogen and oxygen atoms in total. The highest BCUT2D eigenvalue weighted by molar-refractivity contribution is 6.37. The van der Waals surface area contributed by atoms with Crippen LogP contribution in [0.1, 0.15) is 31.8 Å². The standard InChI is InChI=1S/C31H21Cl2N3O5/c32-26-7-4-8-27(33)25(26)17-18-29(37)21-11-13-23(14-12-21)34-31(39)28(35-30(38)22-5-2-1-3-6-22)19-20-9-15-24(16-10-20)36(40)41/h1-19H,(H,34,39)(H,35,38)/b18-17+,28-19-. The van der Waals surface area contributed by atoms with Crippen LogP contribution in [0.15, 0.2) is 109 Å². The zero-order valence-corrected chi connectivity index (χ0v) is 22.7. The van der Waals surface area contributed by atoms with Gasteiger partial charge in [-0.25, -0.2) is 0 Å². The lowest BCUT2D eigenvalue weighted by Crippen LogP contribution is -2.30. The average Bonchev–Trinajstić information content (AvgIpc) is 2.97. The minimum Gasteiger partial charge on any atom is -0.321 e. The molecule has 0 unspecified atom stereocenters. The fourth-order valence-corrected chi connectivity index (χ4v) is 4.17. The van der Waals surface area contributed by atoms with E-state index < -0.39 is 16.7 Å². The molecule has 0 aromatic heterocycles. The van der Waals surface area contributed by atoms with E-state index in [0.29, 0.717) is 38.0 Å². The summed E-state index contributed by atoms with van der Waals surface area (Å²) >= 11 is 12.3. The van der Waals surface area contributed by atoms with E-state index in [1.807, 2.05) is 0 Å². The predicted molar refractivity (Wildman–Crippen MR) is 160 cm³/mol. The minimum atomic E-state index is -0.639. The number of hydrogen-bond donors (Lipinski definition) is 2. The molecule has 0 spiro atoms. The van der Waals surface area contributed by atoms with Gasteiger partial charge < -0.3 is 10.6 Å². The molecule has 0 atom stereocenters. The molecule has 4 aromatic rings. The first-order valence-electron chi connectivity index (χ1n) is 12.1. The Morgan fingerprint density at radius 3 is 2.00 bits per heavy atom. The van der Waals surface area contributed by atoms with Crippen molar-refractivity contribution >= 4 is 64.3 Å². The zero-order chi connectivity index (χ0) is 29.4. The SMILES string of the molecule is O=C(Nc1ccc(C(=O)/C=C/c2c(Cl)cccc2Cl)cc1)/C(=C/c1ccc([N+](=O)[O-])cc1)NC(=O)c1ccccc1. The van der Waals surface area contributed by atoms with Crippen LogP contribution in [0.3, 0.4) is 0 Å². The molecule has 0 saturated heterocycles. The molecule has 0 aliphatic carbocycles. The molecule has 10 heteroatoms. The van der Waals surface area contributed by atoms with Gasteiger partial charge in [0.2, 0.25) is 0 Å². The fourth-order valence-electron chi connectivity index (χ4n) is 3.64. The third-order valence-corrected chi connectivity index (χ3v) is 6.43. The highest BCUT2D eigenvalue weighted by atomic mass is 35.5. The van der Waals surface area contributed by atoms with Crippen molar-refractivity contribution in [2.75, 3.05) is 5.32 Å². The summed E-state index contributed by atoms with van der Waals surface area (Å²) in [5, 5.41) is 17.1. The number of nitrogens with zero attached hydrogens (tertiary/aromatic N) is 1. The van der Waals surface area contributed by atoms with Crippen LogP contribution in [-0.4, -0.2) is 22.5 Å². The highest BCUT2D eigenvalue weighted by Crippen LogP contribution is 2.26. The molecule has 41 heavy (non-hydrogen) atoms. The van der Waals surface area contributed by atoms with E-state index in [4.69, 9.17) is 23.2 Å². The zero-order valence-electron chi connectivity index (χ0n) is 21.2. The number of halogens is 2. The molecule has 0 aliphatic rings. The second-order valence-corrected chi connectivity index (χ2v) is 9.41. The number of amides is 2. The molecule has 4 rings (SSSR count). The fraction of sp³-hybridized carbons (Fsp3) is 0. The van der Waals surface area contributed by atoms with Crippen molar-refractivity contribution in [1.29, 1.82) is 0 Å². The van der Waals surface area contributed by atoms with Gasteiger partial charge in [0.05, 0.1) is 4.92 Å². The van der Waals surface area contributed by atoms with E-state index in [1.54, 1.807) is 72.8 Å². The van der Waals surface area contributed by atoms with Gasteiger partial charge in [-0.1, -0.05) is 47.5 Å². The van der Waals surface area contributed by atoms with Crippen LogP contribution in [0.5, 0.6) is 0 Å². The average molecular weight is 586 g/mol. The van der Waals surface area contributed by atoms with Gasteiger partial charge in [0.15, 0.2) is 5.78 Å². The second-order valence-electron chi connectivity index (χ2n) is 8.59. The number of non-ortho nitro benzene ring substituents is 1. The number of benzene rings is 4. The summed E-state index contributed by atoms with van der Waals surface area (Å²) in [4.78, 5) is 49.1. The normalized spacial score (nSPS) is 11.2. The summed E-state index contributed by atoms with van der Waals surface area (Å²) in [6, 6.07) is 25.1. The van der Waals surface area contributed by atoms with E-state index in [0.717, 1.165) is 0 Å². The Hall–Kier alpha value is -5.05. The largest absolute Gasteiger partial charge is 0.321 e. The van der Waals surface area contributed by atoms with Crippen LogP contribution in [0.25, 0.3) is 12.2 Å². The van der Waals surface area contributed by atoms with Crippen molar-refractivity contribution < 1.29 is 19.3 Å². The van der Waals surface area contributed by atoms with Crippen molar-refractivity contribution in [3.63, 3.8) is 0 Å². The molecule has 0 saturated carbocycles. The Morgan fingerprint density at radius 1 is 0.756 bits per heavy atom. The van der Waals surface area contributed by atoms with Crippen LogP contribution in [0.2, 0.25) is 10.0 Å². The lowest BCUT2D eigenvalue weighted by molar-refractivity contribution is -0.384. The summed E-state index contributed by atoms with van der Waals surface area (Å²) < 4.78 is 0. The van der Waals surface area contributed by atoms with Crippen molar-refractivity contribution in [3.8, 4) is 0 Å². The lowest BCUT2D eigenvalue weighted by Gasteiger charge is -2.12. The van der Waals surface area contributed by atoms with Crippen molar-refractivity contribution in [2.24, 2.45) is 0 Å². The summed E-state index contributed by atoms with van der Waals surface area (Å²) in [5.74, 6) is -1.45. The van der Waals surface area contributed by atoms with Crippen molar-refractivity contribution in [2.45, 2.75) is 0 Å². The van der Waals surface area contributed by atoms with Gasteiger partial charge in [-0.05, 0) is 84.5 Å². The predicted octanol–water partition coefficient (Wildman–Crippen LogP) is 7.21. The van der Waals surface area contributed by atoms with E-state index >= 15 is 0 Å². The van der Waals surface area contributed by atoms with Gasteiger partial charge in [0.1, 0.15) is 5.70 Å². The van der Waals surface area contributed by atoms with Crippen LogP contribution >= 0.6 is 23.2 Å². The first kappa shape index (κ1) is 28.9. The van der Waals surface area contributed by atoms with Gasteiger partial charge >= 0.3 is 0 Å². The monoisotopic (exact) mass is 585 g/mol. The number of ketones is 1. The van der Waals surface area contributed by atoms with Gasteiger partial charge in [0.25, 0.3) is 17.5 Å². The molecule has 204 valence electrons. The van der Waals surface area contributed by atoms with E-state index in [9.17, 15) is 24.5 Å². The van der Waals surface area contributed by atoms with E-state index in [1.165, 1.54) is 42.5 Å². The number of nitro benzene ring substituents is 1. The Kier molecular flexibility index (Phi) is 9.42. The number of anilines is 1.